The van der Waals surface area contributed by atoms with Gasteiger partial charge in [0.05, 0.1) is 18.1 Å². The van der Waals surface area contributed by atoms with Crippen LogP contribution in [0.3, 0.4) is 0 Å². The highest BCUT2D eigenvalue weighted by Crippen LogP contribution is 2.30. The predicted molar refractivity (Wildman–Crippen MR) is 119 cm³/mol. The van der Waals surface area contributed by atoms with Crippen LogP contribution in [0.25, 0.3) is 16.9 Å². The number of benzene rings is 2. The Bertz CT molecular complexity index is 1010. The van der Waals surface area contributed by atoms with Crippen molar-refractivity contribution < 1.29 is 18.3 Å². The van der Waals surface area contributed by atoms with E-state index in [0.717, 1.165) is 33.8 Å². The van der Waals surface area contributed by atoms with E-state index < -0.39 is 17.2 Å². The number of hydrogen-bond acceptors (Lipinski definition) is 3. The summed E-state index contributed by atoms with van der Waals surface area (Å²) in [6, 6.07) is 19.9. The highest BCUT2D eigenvalue weighted by molar-refractivity contribution is 7.78. The van der Waals surface area contributed by atoms with E-state index in [1.807, 2.05) is 49.4 Å². The third-order valence-corrected chi connectivity index (χ3v) is 5.41. The van der Waals surface area contributed by atoms with Gasteiger partial charge in [0.2, 0.25) is 0 Å². The standard InChI is InChI=1S/C23H26N2O4S/c1-3-24-23(26)29-14-13-20-15-22(19-11-9-18(10-12-19)16-30(27)28)25(17(20)2)21-7-5-4-6-8-21/h4-12,15H,3,13-14,16H2,1-2H3,(H,24,26)(H,27,28). The molecule has 1 aromatic heterocycles. The highest BCUT2D eigenvalue weighted by Gasteiger charge is 2.15. The van der Waals surface area contributed by atoms with Gasteiger partial charge in [-0.25, -0.2) is 9.00 Å². The molecule has 0 bridgehead atoms. The van der Waals surface area contributed by atoms with Crippen LogP contribution >= 0.6 is 0 Å². The quantitative estimate of drug-likeness (QED) is 0.521. The maximum Gasteiger partial charge on any atom is 0.407 e. The summed E-state index contributed by atoms with van der Waals surface area (Å²) in [5.74, 6) is 0.113. The first-order chi connectivity index (χ1) is 14.5. The van der Waals surface area contributed by atoms with Gasteiger partial charge in [0.15, 0.2) is 11.1 Å². The number of hydrogen-bond donors (Lipinski definition) is 2. The molecule has 1 heterocycles. The first-order valence-electron chi connectivity index (χ1n) is 9.83. The Kier molecular flexibility index (Phi) is 7.43. The van der Waals surface area contributed by atoms with Crippen molar-refractivity contribution in [2.75, 3.05) is 13.2 Å². The molecule has 30 heavy (non-hydrogen) atoms. The van der Waals surface area contributed by atoms with Gasteiger partial charge in [0.1, 0.15) is 0 Å². The van der Waals surface area contributed by atoms with Gasteiger partial charge >= 0.3 is 6.09 Å². The third-order valence-electron chi connectivity index (χ3n) is 4.83. The summed E-state index contributed by atoms with van der Waals surface area (Å²) >= 11 is -1.86. The normalized spacial score (nSPS) is 11.8. The van der Waals surface area contributed by atoms with E-state index >= 15 is 0 Å². The van der Waals surface area contributed by atoms with E-state index in [4.69, 9.17) is 9.29 Å². The summed E-state index contributed by atoms with van der Waals surface area (Å²) in [4.78, 5) is 11.6. The number of amides is 1. The lowest BCUT2D eigenvalue weighted by atomic mass is 10.1. The van der Waals surface area contributed by atoms with Crippen molar-refractivity contribution >= 4 is 17.2 Å². The van der Waals surface area contributed by atoms with Crippen LogP contribution < -0.4 is 5.32 Å². The minimum absolute atomic E-state index is 0.113. The van der Waals surface area contributed by atoms with Gasteiger partial charge in [0, 0.05) is 24.3 Å². The molecule has 0 spiro atoms. The topological polar surface area (TPSA) is 80.6 Å². The molecule has 0 aliphatic rings. The van der Waals surface area contributed by atoms with Gasteiger partial charge in [-0.1, -0.05) is 42.5 Å². The van der Waals surface area contributed by atoms with Crippen molar-refractivity contribution in [3.8, 4) is 16.9 Å². The second kappa shape index (κ2) is 10.2. The Labute approximate surface area is 179 Å². The van der Waals surface area contributed by atoms with Crippen LogP contribution in [0.1, 0.15) is 23.7 Å². The number of carbonyl (C=O) groups is 1. The molecule has 3 rings (SSSR count). The van der Waals surface area contributed by atoms with Crippen LogP contribution in [0, 0.1) is 6.92 Å². The molecule has 158 valence electrons. The largest absolute Gasteiger partial charge is 0.449 e. The number of carbonyl (C=O) groups excluding carboxylic acids is 1. The summed E-state index contributed by atoms with van der Waals surface area (Å²) < 4.78 is 27.6. The molecule has 1 unspecified atom stereocenters. The van der Waals surface area contributed by atoms with Gasteiger partial charge < -0.3 is 19.2 Å². The molecule has 0 radical (unpaired) electrons. The molecule has 1 atom stereocenters. The fraction of sp³-hybridized carbons (Fsp3) is 0.261. The Morgan fingerprint density at radius 3 is 2.47 bits per heavy atom. The lowest BCUT2D eigenvalue weighted by Crippen LogP contribution is -2.24. The number of ether oxygens (including phenoxy) is 1. The molecule has 3 aromatic rings. The fourth-order valence-electron chi connectivity index (χ4n) is 3.40. The van der Waals surface area contributed by atoms with E-state index in [9.17, 15) is 9.00 Å². The minimum Gasteiger partial charge on any atom is -0.449 e. The zero-order chi connectivity index (χ0) is 21.5. The van der Waals surface area contributed by atoms with E-state index in [2.05, 4.69) is 35.0 Å². The predicted octanol–water partition coefficient (Wildman–Crippen LogP) is 4.46. The first-order valence-corrected chi connectivity index (χ1v) is 11.1. The Morgan fingerprint density at radius 1 is 1.13 bits per heavy atom. The summed E-state index contributed by atoms with van der Waals surface area (Å²) in [6.45, 7) is 4.74. The molecular weight excluding hydrogens is 400 g/mol. The average Bonchev–Trinajstić information content (AvgIpc) is 3.05. The lowest BCUT2D eigenvalue weighted by Gasteiger charge is -2.13. The number of aromatic nitrogens is 1. The summed E-state index contributed by atoms with van der Waals surface area (Å²) in [5, 5.41) is 2.63. The molecule has 2 N–H and O–H groups in total. The van der Waals surface area contributed by atoms with Crippen LogP contribution in [0.2, 0.25) is 0 Å². The minimum atomic E-state index is -1.86. The van der Waals surface area contributed by atoms with Crippen LogP contribution in [0.5, 0.6) is 0 Å². The number of alkyl carbamates (subject to hydrolysis) is 1. The van der Waals surface area contributed by atoms with Gasteiger partial charge in [-0.15, -0.1) is 0 Å². The average molecular weight is 427 g/mol. The van der Waals surface area contributed by atoms with E-state index in [1.165, 1.54) is 0 Å². The molecule has 7 heteroatoms. The second-order valence-electron chi connectivity index (χ2n) is 6.89. The van der Waals surface area contributed by atoms with E-state index in [-0.39, 0.29) is 5.75 Å². The summed E-state index contributed by atoms with van der Waals surface area (Å²) in [7, 11) is 0. The Morgan fingerprint density at radius 2 is 1.83 bits per heavy atom. The molecule has 0 saturated heterocycles. The zero-order valence-corrected chi connectivity index (χ0v) is 17.9. The molecule has 6 nitrogen and oxygen atoms in total. The fourth-order valence-corrected chi connectivity index (χ4v) is 3.87. The van der Waals surface area contributed by atoms with Crippen molar-refractivity contribution in [1.29, 1.82) is 0 Å². The molecular formula is C23H26N2O4S. The Balaban J connectivity index is 1.93. The smallest absolute Gasteiger partial charge is 0.407 e. The van der Waals surface area contributed by atoms with Crippen LogP contribution in [-0.4, -0.2) is 32.6 Å². The molecule has 0 aliphatic heterocycles. The number of nitrogens with zero attached hydrogens (tertiary/aromatic N) is 1. The summed E-state index contributed by atoms with van der Waals surface area (Å²) in [5.41, 5.74) is 6.05. The highest BCUT2D eigenvalue weighted by atomic mass is 32.2. The van der Waals surface area contributed by atoms with Crippen molar-refractivity contribution in [2.45, 2.75) is 26.0 Å². The molecule has 0 saturated carbocycles. The zero-order valence-electron chi connectivity index (χ0n) is 17.1. The summed E-state index contributed by atoms with van der Waals surface area (Å²) in [6.07, 6.45) is 0.201. The SMILES string of the molecule is CCNC(=O)OCCc1cc(-c2ccc(CS(=O)O)cc2)n(-c2ccccc2)c1C. The number of nitrogens with one attached hydrogen (secondary N) is 1. The van der Waals surface area contributed by atoms with Crippen molar-refractivity contribution in [3.63, 3.8) is 0 Å². The van der Waals surface area contributed by atoms with E-state index in [1.54, 1.807) is 0 Å². The number of rotatable bonds is 8. The van der Waals surface area contributed by atoms with Crippen LogP contribution in [0.4, 0.5) is 4.79 Å². The van der Waals surface area contributed by atoms with Gasteiger partial charge in [0.25, 0.3) is 0 Å². The molecule has 0 aliphatic carbocycles. The van der Waals surface area contributed by atoms with Crippen LogP contribution in [-0.2, 0) is 28.0 Å². The monoisotopic (exact) mass is 426 g/mol. The van der Waals surface area contributed by atoms with Crippen molar-refractivity contribution in [3.05, 3.63) is 77.5 Å². The Hall–Kier alpha value is -2.90. The third kappa shape index (κ3) is 5.37. The van der Waals surface area contributed by atoms with Crippen LogP contribution in [0.15, 0.2) is 60.7 Å². The van der Waals surface area contributed by atoms with E-state index in [0.29, 0.717) is 19.6 Å². The van der Waals surface area contributed by atoms with Crippen molar-refractivity contribution in [1.82, 2.24) is 9.88 Å². The number of para-hydroxylation sites is 1. The maximum atomic E-state index is 11.6. The van der Waals surface area contributed by atoms with Gasteiger partial charge in [-0.2, -0.15) is 0 Å². The lowest BCUT2D eigenvalue weighted by molar-refractivity contribution is 0.148. The molecule has 1 amide bonds. The maximum absolute atomic E-state index is 11.6. The van der Waals surface area contributed by atoms with Crippen molar-refractivity contribution in [2.24, 2.45) is 0 Å². The molecule has 2 aromatic carbocycles. The molecule has 0 fully saturated rings. The van der Waals surface area contributed by atoms with Gasteiger partial charge in [-0.05, 0) is 48.7 Å². The first kappa shape index (κ1) is 21.8. The second-order valence-corrected chi connectivity index (χ2v) is 7.82. The van der Waals surface area contributed by atoms with Gasteiger partial charge in [-0.3, -0.25) is 0 Å².